The molecule has 0 radical (unpaired) electrons. The Kier molecular flexibility index (Phi) is 4.31. The molecule has 1 N–H and O–H groups in total. The van der Waals surface area contributed by atoms with E-state index in [1.54, 1.807) is 13.2 Å². The number of anilines is 1. The zero-order valence-corrected chi connectivity index (χ0v) is 11.6. The van der Waals surface area contributed by atoms with Crippen LogP contribution in [0.4, 0.5) is 5.82 Å². The smallest absolute Gasteiger partial charge is 0.274 e. The minimum atomic E-state index is -0.0772. The molecule has 1 amide bonds. The fraction of sp³-hybridized carbons (Fsp3) is 0.615. The monoisotopic (exact) mass is 264 g/mol. The Labute approximate surface area is 113 Å². The normalized spacial score (nSPS) is 23.2. The molecule has 6 heteroatoms. The van der Waals surface area contributed by atoms with Gasteiger partial charge in [0.2, 0.25) is 0 Å². The number of carbonyl (C=O) groups excluding carboxylic acids is 1. The number of morpholine rings is 1. The van der Waals surface area contributed by atoms with Gasteiger partial charge in [-0.25, -0.2) is 4.98 Å². The van der Waals surface area contributed by atoms with Crippen LogP contribution < -0.4 is 5.32 Å². The summed E-state index contributed by atoms with van der Waals surface area (Å²) in [6.45, 7) is 5.22. The van der Waals surface area contributed by atoms with E-state index in [0.717, 1.165) is 6.42 Å². The highest BCUT2D eigenvalue weighted by atomic mass is 16.5. The third-order valence-electron chi connectivity index (χ3n) is 3.31. The van der Waals surface area contributed by atoms with Crippen LogP contribution in [0.2, 0.25) is 0 Å². The number of amides is 1. The Bertz CT molecular complexity index is 452. The van der Waals surface area contributed by atoms with Gasteiger partial charge in [0.15, 0.2) is 0 Å². The van der Waals surface area contributed by atoms with Crippen LogP contribution in [0.1, 0.15) is 30.8 Å². The van der Waals surface area contributed by atoms with Gasteiger partial charge >= 0.3 is 0 Å². The van der Waals surface area contributed by atoms with Gasteiger partial charge in [-0.3, -0.25) is 9.78 Å². The van der Waals surface area contributed by atoms with Crippen molar-refractivity contribution < 1.29 is 9.53 Å². The van der Waals surface area contributed by atoms with E-state index in [0.29, 0.717) is 24.7 Å². The van der Waals surface area contributed by atoms with Crippen LogP contribution in [0.5, 0.6) is 0 Å². The number of rotatable bonds is 3. The molecule has 2 heterocycles. The maximum Gasteiger partial charge on any atom is 0.274 e. The Morgan fingerprint density at radius 3 is 3.05 bits per heavy atom. The van der Waals surface area contributed by atoms with Crippen molar-refractivity contribution in [3.8, 4) is 0 Å². The van der Waals surface area contributed by atoms with E-state index in [-0.39, 0.29) is 18.1 Å². The fourth-order valence-corrected chi connectivity index (χ4v) is 2.17. The van der Waals surface area contributed by atoms with E-state index in [1.165, 1.54) is 6.20 Å². The lowest BCUT2D eigenvalue weighted by molar-refractivity contribution is -0.0446. The molecule has 1 fully saturated rings. The lowest BCUT2D eigenvalue weighted by atomic mass is 10.1. The van der Waals surface area contributed by atoms with E-state index in [2.05, 4.69) is 22.2 Å². The summed E-state index contributed by atoms with van der Waals surface area (Å²) in [5.41, 5.74) is 0.374. The van der Waals surface area contributed by atoms with Gasteiger partial charge in [-0.15, -0.1) is 0 Å². The van der Waals surface area contributed by atoms with E-state index in [9.17, 15) is 4.79 Å². The molecular formula is C13H20N4O2. The first-order valence-electron chi connectivity index (χ1n) is 6.58. The summed E-state index contributed by atoms with van der Waals surface area (Å²) in [5.74, 6) is 0.520. The summed E-state index contributed by atoms with van der Waals surface area (Å²) < 4.78 is 5.60. The Balaban J connectivity index is 2.20. The summed E-state index contributed by atoms with van der Waals surface area (Å²) in [7, 11) is 1.75. The van der Waals surface area contributed by atoms with Gasteiger partial charge in [-0.1, -0.05) is 6.92 Å². The molecule has 2 unspecified atom stereocenters. The third-order valence-corrected chi connectivity index (χ3v) is 3.31. The van der Waals surface area contributed by atoms with Crippen LogP contribution in [0.15, 0.2) is 12.4 Å². The number of ether oxygens (including phenoxy) is 1. The van der Waals surface area contributed by atoms with Crippen molar-refractivity contribution >= 4 is 11.7 Å². The van der Waals surface area contributed by atoms with E-state index >= 15 is 0 Å². The molecule has 104 valence electrons. The molecule has 19 heavy (non-hydrogen) atoms. The maximum absolute atomic E-state index is 12.5. The van der Waals surface area contributed by atoms with Crippen molar-refractivity contribution in [2.75, 3.05) is 25.5 Å². The van der Waals surface area contributed by atoms with Gasteiger partial charge in [-0.05, 0) is 13.3 Å². The Morgan fingerprint density at radius 2 is 2.37 bits per heavy atom. The number of nitrogens with one attached hydrogen (secondary N) is 1. The first-order chi connectivity index (χ1) is 9.15. The lowest BCUT2D eigenvalue weighted by Gasteiger charge is -2.38. The molecular weight excluding hydrogens is 244 g/mol. The highest BCUT2D eigenvalue weighted by Gasteiger charge is 2.30. The maximum atomic E-state index is 12.5. The molecule has 1 saturated heterocycles. The number of hydrogen-bond donors (Lipinski definition) is 1. The van der Waals surface area contributed by atoms with Crippen LogP contribution in [0.3, 0.4) is 0 Å². The predicted molar refractivity (Wildman–Crippen MR) is 72.1 cm³/mol. The van der Waals surface area contributed by atoms with Gasteiger partial charge in [-0.2, -0.15) is 0 Å². The van der Waals surface area contributed by atoms with Gasteiger partial charge in [0.25, 0.3) is 5.91 Å². The van der Waals surface area contributed by atoms with Crippen molar-refractivity contribution in [2.45, 2.75) is 32.4 Å². The molecule has 1 aliphatic rings. The average Bonchev–Trinajstić information content (AvgIpc) is 2.46. The fourth-order valence-electron chi connectivity index (χ4n) is 2.17. The average molecular weight is 264 g/mol. The zero-order chi connectivity index (χ0) is 13.8. The van der Waals surface area contributed by atoms with Gasteiger partial charge < -0.3 is 15.0 Å². The van der Waals surface area contributed by atoms with Gasteiger partial charge in [0, 0.05) is 13.6 Å². The number of aromatic nitrogens is 2. The number of hydrogen-bond acceptors (Lipinski definition) is 5. The topological polar surface area (TPSA) is 67.3 Å². The molecule has 6 nitrogen and oxygen atoms in total. The summed E-state index contributed by atoms with van der Waals surface area (Å²) in [6.07, 6.45) is 4.04. The molecule has 1 aromatic rings. The summed E-state index contributed by atoms with van der Waals surface area (Å²) in [6, 6.07) is 0.115. The van der Waals surface area contributed by atoms with Crippen molar-refractivity contribution in [1.29, 1.82) is 0 Å². The first kappa shape index (κ1) is 13.7. The lowest BCUT2D eigenvalue weighted by Crippen LogP contribution is -2.51. The van der Waals surface area contributed by atoms with Crippen molar-refractivity contribution in [3.63, 3.8) is 0 Å². The van der Waals surface area contributed by atoms with Crippen LogP contribution >= 0.6 is 0 Å². The molecule has 1 aromatic heterocycles. The zero-order valence-electron chi connectivity index (χ0n) is 11.6. The molecule has 0 spiro atoms. The first-order valence-corrected chi connectivity index (χ1v) is 6.58. The van der Waals surface area contributed by atoms with Crippen LogP contribution in [-0.2, 0) is 4.74 Å². The molecule has 2 atom stereocenters. The second kappa shape index (κ2) is 5.97. The van der Waals surface area contributed by atoms with Crippen molar-refractivity contribution in [2.24, 2.45) is 0 Å². The summed E-state index contributed by atoms with van der Waals surface area (Å²) in [4.78, 5) is 22.7. The molecule has 0 saturated carbocycles. The minimum absolute atomic E-state index is 0.0622. The van der Waals surface area contributed by atoms with Crippen LogP contribution in [0, 0.1) is 0 Å². The van der Waals surface area contributed by atoms with Crippen LogP contribution in [-0.4, -0.2) is 53.1 Å². The number of nitrogens with zero attached hydrogens (tertiary/aromatic N) is 3. The minimum Gasteiger partial charge on any atom is -0.375 e. The SMILES string of the molecule is CCC1COC(C)CN1C(=O)c1cncc(NC)n1. The predicted octanol–water partition coefficient (Wildman–Crippen LogP) is 1.16. The molecule has 0 bridgehead atoms. The molecule has 1 aliphatic heterocycles. The second-order valence-electron chi connectivity index (χ2n) is 4.70. The summed E-state index contributed by atoms with van der Waals surface area (Å²) >= 11 is 0. The van der Waals surface area contributed by atoms with Gasteiger partial charge in [0.1, 0.15) is 11.5 Å². The standard InChI is InChI=1S/C13H20N4O2/c1-4-10-8-19-9(2)7-17(10)13(18)11-5-15-6-12(14-3)16-11/h5-6,9-10H,4,7-8H2,1-3H3,(H,14,16). The molecule has 0 aliphatic carbocycles. The highest BCUT2D eigenvalue weighted by Crippen LogP contribution is 2.17. The molecule has 0 aromatic carbocycles. The van der Waals surface area contributed by atoms with Crippen LogP contribution in [0.25, 0.3) is 0 Å². The Hall–Kier alpha value is -1.69. The number of carbonyl (C=O) groups is 1. The third kappa shape index (κ3) is 3.01. The second-order valence-corrected chi connectivity index (χ2v) is 4.70. The largest absolute Gasteiger partial charge is 0.375 e. The molecule has 2 rings (SSSR count). The Morgan fingerprint density at radius 1 is 1.58 bits per heavy atom. The van der Waals surface area contributed by atoms with Crippen molar-refractivity contribution in [1.82, 2.24) is 14.9 Å². The highest BCUT2D eigenvalue weighted by molar-refractivity contribution is 5.92. The quantitative estimate of drug-likeness (QED) is 0.887. The van der Waals surface area contributed by atoms with E-state index < -0.39 is 0 Å². The van der Waals surface area contributed by atoms with Gasteiger partial charge in [0.05, 0.1) is 31.1 Å². The van der Waals surface area contributed by atoms with E-state index in [4.69, 9.17) is 4.74 Å². The summed E-state index contributed by atoms with van der Waals surface area (Å²) in [5, 5.41) is 2.89. The van der Waals surface area contributed by atoms with Crippen molar-refractivity contribution in [3.05, 3.63) is 18.1 Å². The van der Waals surface area contributed by atoms with E-state index in [1.807, 2.05) is 11.8 Å².